The van der Waals surface area contributed by atoms with Crippen LogP contribution < -0.4 is 0 Å². The first-order chi connectivity index (χ1) is 13.6. The van der Waals surface area contributed by atoms with Crippen LogP contribution in [0.1, 0.15) is 56.4 Å². The molecule has 2 nitrogen and oxygen atoms in total. The second kappa shape index (κ2) is 7.79. The lowest BCUT2D eigenvalue weighted by molar-refractivity contribution is 0.469. The molecule has 0 saturated carbocycles. The van der Waals surface area contributed by atoms with Crippen LogP contribution in [-0.4, -0.2) is 10.1 Å². The molecule has 0 unspecified atom stereocenters. The monoisotopic (exact) mass is 371 g/mol. The van der Waals surface area contributed by atoms with Gasteiger partial charge in [-0.1, -0.05) is 51.0 Å². The van der Waals surface area contributed by atoms with Crippen molar-refractivity contribution in [1.29, 1.82) is 0 Å². The molecule has 0 aliphatic carbocycles. The third-order valence-electron chi connectivity index (χ3n) is 5.91. The van der Waals surface area contributed by atoms with E-state index in [1.54, 1.807) is 0 Å². The normalized spacial score (nSPS) is 11.7. The van der Waals surface area contributed by atoms with Crippen LogP contribution >= 0.6 is 0 Å². The van der Waals surface area contributed by atoms with Crippen molar-refractivity contribution < 1.29 is 5.11 Å². The highest BCUT2D eigenvalue weighted by atomic mass is 16.3. The fourth-order valence-electron chi connectivity index (χ4n) is 4.35. The molecule has 4 rings (SSSR count). The number of hydrogen-bond donors (Lipinski definition) is 1. The summed E-state index contributed by atoms with van der Waals surface area (Å²) in [6.07, 6.45) is 6.91. The van der Waals surface area contributed by atoms with E-state index in [1.807, 2.05) is 13.0 Å². The molecule has 3 aromatic carbocycles. The summed E-state index contributed by atoms with van der Waals surface area (Å²) in [5, 5.41) is 16.6. The Kier molecular flexibility index (Phi) is 5.21. The van der Waals surface area contributed by atoms with Gasteiger partial charge in [0.2, 0.25) is 0 Å². The topological polar surface area (TPSA) is 33.1 Å². The van der Waals surface area contributed by atoms with E-state index in [9.17, 15) is 5.11 Å². The predicted molar refractivity (Wildman–Crippen MR) is 120 cm³/mol. The van der Waals surface area contributed by atoms with Gasteiger partial charge in [0.25, 0.3) is 0 Å². The Hall–Kier alpha value is -2.61. The molecule has 0 bridgehead atoms. The zero-order chi connectivity index (χ0) is 19.7. The summed E-state index contributed by atoms with van der Waals surface area (Å²) in [6.45, 7) is 6.37. The molecule has 4 aromatic rings. The minimum absolute atomic E-state index is 0.272. The van der Waals surface area contributed by atoms with Crippen molar-refractivity contribution >= 4 is 32.4 Å². The highest BCUT2D eigenvalue weighted by molar-refractivity contribution is 6.10. The minimum atomic E-state index is 0.272. The van der Waals surface area contributed by atoms with E-state index in [2.05, 4.69) is 55.2 Å². The highest BCUT2D eigenvalue weighted by Gasteiger charge is 2.15. The van der Waals surface area contributed by atoms with Gasteiger partial charge in [-0.2, -0.15) is 0 Å². The molecule has 1 N–H and O–H groups in total. The van der Waals surface area contributed by atoms with Crippen LogP contribution in [0.3, 0.4) is 0 Å². The lowest BCUT2D eigenvalue weighted by Crippen LogP contribution is -1.98. The summed E-state index contributed by atoms with van der Waals surface area (Å²) in [6, 6.07) is 15.3. The van der Waals surface area contributed by atoms with Crippen molar-refractivity contribution in [2.45, 2.75) is 59.3 Å². The SMILES string of the molecule is CCCCc1c2ccccc2c(CCCC)c2cc3nc(C)c(O)cc3cc12. The summed E-state index contributed by atoms with van der Waals surface area (Å²) < 4.78 is 0. The van der Waals surface area contributed by atoms with Gasteiger partial charge in [-0.25, -0.2) is 4.98 Å². The fourth-order valence-corrected chi connectivity index (χ4v) is 4.35. The Bertz CT molecular complexity index is 1070. The number of aromatic nitrogens is 1. The first-order valence-electron chi connectivity index (χ1n) is 10.6. The maximum absolute atomic E-state index is 10.2. The Labute approximate surface area is 167 Å². The lowest BCUT2D eigenvalue weighted by Gasteiger charge is -2.18. The number of fused-ring (bicyclic) bond motifs is 3. The number of nitrogens with zero attached hydrogens (tertiary/aromatic N) is 1. The molecular formula is C26H29NO. The van der Waals surface area contributed by atoms with Crippen LogP contribution in [0.2, 0.25) is 0 Å². The first kappa shape index (κ1) is 18.7. The Balaban J connectivity index is 2.13. The minimum Gasteiger partial charge on any atom is -0.506 e. The van der Waals surface area contributed by atoms with Crippen molar-refractivity contribution in [2.24, 2.45) is 0 Å². The molecular weight excluding hydrogens is 342 g/mol. The van der Waals surface area contributed by atoms with Crippen molar-refractivity contribution in [2.75, 3.05) is 0 Å². The van der Waals surface area contributed by atoms with Crippen molar-refractivity contribution in [3.8, 4) is 5.75 Å². The van der Waals surface area contributed by atoms with Crippen molar-refractivity contribution in [3.63, 3.8) is 0 Å². The molecule has 0 atom stereocenters. The third-order valence-corrected chi connectivity index (χ3v) is 5.91. The molecule has 0 radical (unpaired) electrons. The summed E-state index contributed by atoms with van der Waals surface area (Å²) in [4.78, 5) is 4.67. The highest BCUT2D eigenvalue weighted by Crippen LogP contribution is 2.37. The molecule has 0 aliphatic heterocycles. The maximum atomic E-state index is 10.2. The standard InChI is InChI=1S/C26H29NO/c1-4-6-10-21-19-12-8-9-13-20(19)22(11-7-5-2)24-16-25-18(14-23(21)24)15-26(28)17(3)27-25/h8-9,12-16,28H,4-7,10-11H2,1-3H3. The largest absolute Gasteiger partial charge is 0.506 e. The number of rotatable bonds is 6. The first-order valence-corrected chi connectivity index (χ1v) is 10.6. The zero-order valence-electron chi connectivity index (χ0n) is 17.2. The molecule has 144 valence electrons. The molecule has 2 heteroatoms. The Morgan fingerprint density at radius 3 is 1.93 bits per heavy atom. The number of pyridine rings is 1. The van der Waals surface area contributed by atoms with Crippen LogP contribution in [0.5, 0.6) is 5.75 Å². The number of aromatic hydroxyl groups is 1. The zero-order valence-corrected chi connectivity index (χ0v) is 17.2. The second-order valence-corrected chi connectivity index (χ2v) is 7.89. The van der Waals surface area contributed by atoms with Crippen LogP contribution in [0.4, 0.5) is 0 Å². The van der Waals surface area contributed by atoms with Crippen LogP contribution in [0.25, 0.3) is 32.4 Å². The van der Waals surface area contributed by atoms with E-state index in [0.717, 1.165) is 23.7 Å². The Morgan fingerprint density at radius 1 is 0.786 bits per heavy atom. The molecule has 1 aromatic heterocycles. The van der Waals surface area contributed by atoms with E-state index in [4.69, 9.17) is 0 Å². The smallest absolute Gasteiger partial charge is 0.137 e. The van der Waals surface area contributed by atoms with Crippen LogP contribution in [-0.2, 0) is 12.8 Å². The average molecular weight is 372 g/mol. The van der Waals surface area contributed by atoms with Gasteiger partial charge in [0, 0.05) is 5.39 Å². The van der Waals surface area contributed by atoms with Gasteiger partial charge in [-0.15, -0.1) is 0 Å². The van der Waals surface area contributed by atoms with E-state index >= 15 is 0 Å². The predicted octanol–water partition coefficient (Wildman–Crippen LogP) is 7.24. The lowest BCUT2D eigenvalue weighted by atomic mass is 9.87. The van der Waals surface area contributed by atoms with Crippen molar-refractivity contribution in [3.05, 3.63) is 59.3 Å². The molecule has 0 saturated heterocycles. The fraction of sp³-hybridized carbons (Fsp3) is 0.346. The van der Waals surface area contributed by atoms with Crippen molar-refractivity contribution in [1.82, 2.24) is 4.98 Å². The molecule has 0 aliphatic rings. The van der Waals surface area contributed by atoms with Gasteiger partial charge in [-0.3, -0.25) is 0 Å². The molecule has 0 spiro atoms. The molecule has 1 heterocycles. The molecule has 28 heavy (non-hydrogen) atoms. The average Bonchev–Trinajstić information content (AvgIpc) is 2.70. The van der Waals surface area contributed by atoms with Gasteiger partial charge in [-0.05, 0) is 83.5 Å². The summed E-state index contributed by atoms with van der Waals surface area (Å²) in [7, 11) is 0. The Morgan fingerprint density at radius 2 is 1.36 bits per heavy atom. The van der Waals surface area contributed by atoms with Gasteiger partial charge in [0.15, 0.2) is 0 Å². The summed E-state index contributed by atoms with van der Waals surface area (Å²) >= 11 is 0. The second-order valence-electron chi connectivity index (χ2n) is 7.89. The number of aryl methyl sites for hydroxylation is 3. The van der Waals surface area contributed by atoms with E-state index < -0.39 is 0 Å². The molecule has 0 fully saturated rings. The van der Waals surface area contributed by atoms with Gasteiger partial charge < -0.3 is 5.11 Å². The third kappa shape index (κ3) is 3.22. The van der Waals surface area contributed by atoms with E-state index in [0.29, 0.717) is 5.69 Å². The van der Waals surface area contributed by atoms with Crippen LogP contribution in [0.15, 0.2) is 42.5 Å². The summed E-state index contributed by atoms with van der Waals surface area (Å²) in [5.74, 6) is 0.272. The van der Waals surface area contributed by atoms with Gasteiger partial charge >= 0.3 is 0 Å². The maximum Gasteiger partial charge on any atom is 0.137 e. The summed E-state index contributed by atoms with van der Waals surface area (Å²) in [5.41, 5.74) is 4.54. The van der Waals surface area contributed by atoms with Gasteiger partial charge in [0.05, 0.1) is 11.2 Å². The number of unbranched alkanes of at least 4 members (excludes halogenated alkanes) is 2. The number of hydrogen-bond acceptors (Lipinski definition) is 2. The van der Waals surface area contributed by atoms with E-state index in [-0.39, 0.29) is 5.75 Å². The number of benzene rings is 3. The van der Waals surface area contributed by atoms with Crippen LogP contribution in [0, 0.1) is 6.92 Å². The van der Waals surface area contributed by atoms with Gasteiger partial charge in [0.1, 0.15) is 5.75 Å². The quantitative estimate of drug-likeness (QED) is 0.362. The van der Waals surface area contributed by atoms with E-state index in [1.165, 1.54) is 58.4 Å². The molecule has 0 amide bonds.